The average Bonchev–Trinajstić information content (AvgIpc) is 2.94. The first kappa shape index (κ1) is 18.9. The lowest BCUT2D eigenvalue weighted by molar-refractivity contribution is -0.142. The van der Waals surface area contributed by atoms with E-state index in [2.05, 4.69) is 10.1 Å². The molecule has 2 heterocycles. The molecule has 3 aromatic rings. The summed E-state index contributed by atoms with van der Waals surface area (Å²) >= 11 is 0. The van der Waals surface area contributed by atoms with E-state index in [1.165, 1.54) is 12.1 Å². The van der Waals surface area contributed by atoms with E-state index < -0.39 is 23.5 Å². The number of benzene rings is 1. The maximum absolute atomic E-state index is 13.0. The van der Waals surface area contributed by atoms with Crippen LogP contribution >= 0.6 is 0 Å². The number of para-hydroxylation sites is 1. The maximum atomic E-state index is 13.0. The number of aryl methyl sites for hydroxylation is 3. The van der Waals surface area contributed by atoms with Gasteiger partial charge in [-0.05, 0) is 44.9 Å². The first-order valence-corrected chi connectivity index (χ1v) is 8.36. The van der Waals surface area contributed by atoms with Gasteiger partial charge in [-0.3, -0.25) is 4.79 Å². The summed E-state index contributed by atoms with van der Waals surface area (Å²) in [4.78, 5) is 16.6. The van der Waals surface area contributed by atoms with Crippen LogP contribution in [0.4, 0.5) is 13.2 Å². The Bertz CT molecular complexity index is 1010. The van der Waals surface area contributed by atoms with Crippen LogP contribution in [0, 0.1) is 20.8 Å². The minimum absolute atomic E-state index is 0.0681. The molecule has 0 saturated carbocycles. The van der Waals surface area contributed by atoms with E-state index >= 15 is 0 Å². The quantitative estimate of drug-likeness (QED) is 0.505. The Balaban J connectivity index is 1.77. The standard InChI is InChI=1S/C19H18F3N3O2/c1-11-10-17-23-12(2)14(13(3)25(17)24-11)8-9-18(26)27-16-7-5-4-6-15(16)19(20,21)22/h4-7,10H,8-9H2,1-3H3. The Hall–Kier alpha value is -2.90. The molecule has 0 aliphatic carbocycles. The Labute approximate surface area is 153 Å². The van der Waals surface area contributed by atoms with E-state index in [4.69, 9.17) is 4.74 Å². The Morgan fingerprint density at radius 2 is 1.89 bits per heavy atom. The number of alkyl halides is 3. The van der Waals surface area contributed by atoms with Crippen molar-refractivity contribution in [3.8, 4) is 5.75 Å². The molecule has 5 nitrogen and oxygen atoms in total. The van der Waals surface area contributed by atoms with E-state index in [1.807, 2.05) is 26.8 Å². The molecular formula is C19H18F3N3O2. The third-order valence-electron chi connectivity index (χ3n) is 4.28. The van der Waals surface area contributed by atoms with Crippen LogP contribution < -0.4 is 4.74 Å². The molecule has 8 heteroatoms. The summed E-state index contributed by atoms with van der Waals surface area (Å²) in [5.41, 5.74) is 2.99. The number of halogens is 3. The number of esters is 1. The first-order valence-electron chi connectivity index (χ1n) is 8.36. The predicted molar refractivity (Wildman–Crippen MR) is 92.6 cm³/mol. The fourth-order valence-electron chi connectivity index (χ4n) is 2.99. The lowest BCUT2D eigenvalue weighted by Crippen LogP contribution is -2.15. The number of nitrogens with zero attached hydrogens (tertiary/aromatic N) is 3. The van der Waals surface area contributed by atoms with E-state index in [0.717, 1.165) is 34.8 Å². The molecular weight excluding hydrogens is 359 g/mol. The number of aromatic nitrogens is 3. The molecule has 0 saturated heterocycles. The van der Waals surface area contributed by atoms with Gasteiger partial charge in [0.25, 0.3) is 0 Å². The van der Waals surface area contributed by atoms with Gasteiger partial charge in [0.1, 0.15) is 5.75 Å². The molecule has 0 atom stereocenters. The smallest absolute Gasteiger partial charge is 0.419 e. The molecule has 0 spiro atoms. The second-order valence-corrected chi connectivity index (χ2v) is 6.28. The molecule has 1 aromatic carbocycles. The number of carbonyl (C=O) groups excluding carboxylic acids is 1. The highest BCUT2D eigenvalue weighted by Crippen LogP contribution is 2.36. The summed E-state index contributed by atoms with van der Waals surface area (Å²) in [6.07, 6.45) is -4.36. The fraction of sp³-hybridized carbons (Fsp3) is 0.316. The Morgan fingerprint density at radius 3 is 2.59 bits per heavy atom. The highest BCUT2D eigenvalue weighted by atomic mass is 19.4. The van der Waals surface area contributed by atoms with Gasteiger partial charge >= 0.3 is 12.1 Å². The van der Waals surface area contributed by atoms with Gasteiger partial charge in [0, 0.05) is 17.5 Å². The van der Waals surface area contributed by atoms with Gasteiger partial charge in [0.15, 0.2) is 5.65 Å². The average molecular weight is 377 g/mol. The van der Waals surface area contributed by atoms with Crippen molar-refractivity contribution in [1.29, 1.82) is 0 Å². The number of hydrogen-bond acceptors (Lipinski definition) is 4. The Kier molecular flexibility index (Phi) is 4.91. The summed E-state index contributed by atoms with van der Waals surface area (Å²) in [5.74, 6) is -1.22. The van der Waals surface area contributed by atoms with Crippen LogP contribution in [0.3, 0.4) is 0 Å². The van der Waals surface area contributed by atoms with Crippen LogP contribution in [0.5, 0.6) is 5.75 Å². The lowest BCUT2D eigenvalue weighted by Gasteiger charge is -2.13. The van der Waals surface area contributed by atoms with E-state index in [1.54, 1.807) is 4.52 Å². The predicted octanol–water partition coefficient (Wildman–Crippen LogP) is 4.21. The number of carbonyl (C=O) groups is 1. The lowest BCUT2D eigenvalue weighted by atomic mass is 10.1. The van der Waals surface area contributed by atoms with E-state index in [9.17, 15) is 18.0 Å². The van der Waals surface area contributed by atoms with Crippen LogP contribution in [0.1, 0.15) is 34.6 Å². The van der Waals surface area contributed by atoms with Crippen molar-refractivity contribution < 1.29 is 22.7 Å². The molecule has 0 unspecified atom stereocenters. The van der Waals surface area contributed by atoms with Gasteiger partial charge in [0.2, 0.25) is 0 Å². The van der Waals surface area contributed by atoms with Crippen molar-refractivity contribution in [3.63, 3.8) is 0 Å². The van der Waals surface area contributed by atoms with Gasteiger partial charge in [-0.15, -0.1) is 0 Å². The third kappa shape index (κ3) is 3.94. The molecule has 0 aliphatic heterocycles. The molecule has 0 bridgehead atoms. The van der Waals surface area contributed by atoms with E-state index in [0.29, 0.717) is 12.1 Å². The van der Waals surface area contributed by atoms with Crippen LogP contribution in [-0.2, 0) is 17.4 Å². The zero-order valence-corrected chi connectivity index (χ0v) is 15.1. The minimum atomic E-state index is -4.59. The van der Waals surface area contributed by atoms with Crippen LogP contribution in [-0.4, -0.2) is 20.6 Å². The van der Waals surface area contributed by atoms with Crippen LogP contribution in [0.15, 0.2) is 30.3 Å². The zero-order chi connectivity index (χ0) is 19.8. The first-order chi connectivity index (χ1) is 12.7. The van der Waals surface area contributed by atoms with Crippen molar-refractivity contribution in [2.24, 2.45) is 0 Å². The van der Waals surface area contributed by atoms with Crippen LogP contribution in [0.25, 0.3) is 5.65 Å². The summed E-state index contributed by atoms with van der Waals surface area (Å²) in [5, 5.41) is 4.36. The maximum Gasteiger partial charge on any atom is 0.419 e. The molecule has 0 N–H and O–H groups in total. The topological polar surface area (TPSA) is 56.5 Å². The summed E-state index contributed by atoms with van der Waals surface area (Å²) in [6.45, 7) is 5.56. The number of rotatable bonds is 4. The van der Waals surface area contributed by atoms with E-state index in [-0.39, 0.29) is 6.42 Å². The number of ether oxygens (including phenoxy) is 1. The Morgan fingerprint density at radius 1 is 1.19 bits per heavy atom. The molecule has 0 fully saturated rings. The number of fused-ring (bicyclic) bond motifs is 1. The fourth-order valence-corrected chi connectivity index (χ4v) is 2.99. The molecule has 3 rings (SSSR count). The van der Waals surface area contributed by atoms with Crippen molar-refractivity contribution in [2.75, 3.05) is 0 Å². The highest BCUT2D eigenvalue weighted by molar-refractivity contribution is 5.73. The molecule has 0 aliphatic rings. The second-order valence-electron chi connectivity index (χ2n) is 6.28. The highest BCUT2D eigenvalue weighted by Gasteiger charge is 2.34. The van der Waals surface area contributed by atoms with Gasteiger partial charge in [-0.2, -0.15) is 18.3 Å². The van der Waals surface area contributed by atoms with Crippen molar-refractivity contribution >= 4 is 11.6 Å². The molecule has 27 heavy (non-hydrogen) atoms. The molecule has 0 radical (unpaired) electrons. The zero-order valence-electron chi connectivity index (χ0n) is 15.1. The van der Waals surface area contributed by atoms with Crippen molar-refractivity contribution in [3.05, 3.63) is 58.5 Å². The van der Waals surface area contributed by atoms with Crippen molar-refractivity contribution in [2.45, 2.75) is 39.8 Å². The SMILES string of the molecule is Cc1cc2nc(C)c(CCC(=O)Oc3ccccc3C(F)(F)F)c(C)n2n1. The molecule has 0 amide bonds. The summed E-state index contributed by atoms with van der Waals surface area (Å²) < 4.78 is 45.6. The molecule has 2 aromatic heterocycles. The molecule has 142 valence electrons. The third-order valence-corrected chi connectivity index (χ3v) is 4.28. The monoisotopic (exact) mass is 377 g/mol. The number of hydrogen-bond donors (Lipinski definition) is 0. The van der Waals surface area contributed by atoms with Gasteiger partial charge in [0.05, 0.1) is 17.7 Å². The van der Waals surface area contributed by atoms with Gasteiger partial charge < -0.3 is 4.74 Å². The van der Waals surface area contributed by atoms with Gasteiger partial charge in [-0.25, -0.2) is 9.50 Å². The normalized spacial score (nSPS) is 11.8. The minimum Gasteiger partial charge on any atom is -0.426 e. The largest absolute Gasteiger partial charge is 0.426 e. The van der Waals surface area contributed by atoms with Crippen LogP contribution in [0.2, 0.25) is 0 Å². The second kappa shape index (κ2) is 7.02. The summed E-state index contributed by atoms with van der Waals surface area (Å²) in [7, 11) is 0. The van der Waals surface area contributed by atoms with Gasteiger partial charge in [-0.1, -0.05) is 12.1 Å². The summed E-state index contributed by atoms with van der Waals surface area (Å²) in [6, 6.07) is 6.52. The van der Waals surface area contributed by atoms with Crippen molar-refractivity contribution in [1.82, 2.24) is 14.6 Å².